The van der Waals surface area contributed by atoms with Crippen LogP contribution < -0.4 is 10.5 Å². The van der Waals surface area contributed by atoms with Gasteiger partial charge in [-0.25, -0.2) is 0 Å². The summed E-state index contributed by atoms with van der Waals surface area (Å²) in [4.78, 5) is 11.9. The van der Waals surface area contributed by atoms with E-state index in [0.717, 1.165) is 5.56 Å². The largest absolute Gasteiger partial charge is 0.497 e. The molecule has 2 aromatic carbocycles. The van der Waals surface area contributed by atoms with Crippen LogP contribution in [0.5, 0.6) is 5.75 Å². The Morgan fingerprint density at radius 1 is 1.14 bits per heavy atom. The predicted octanol–water partition coefficient (Wildman–Crippen LogP) is 1.80. The van der Waals surface area contributed by atoms with Crippen LogP contribution in [0.3, 0.4) is 0 Å². The summed E-state index contributed by atoms with van der Waals surface area (Å²) in [6.07, 6.45) is -1.13. The topological polar surface area (TPSA) is 81.8 Å². The van der Waals surface area contributed by atoms with Crippen molar-refractivity contribution in [2.75, 3.05) is 7.11 Å². The number of aliphatic hydroxyl groups excluding tert-OH is 1. The summed E-state index contributed by atoms with van der Waals surface area (Å²) in [6.45, 7) is 0.128. The number of nitrogens with two attached hydrogens (primary N) is 1. The molecule has 116 valence electrons. The molecule has 0 aliphatic rings. The molecule has 2 atom stereocenters. The van der Waals surface area contributed by atoms with Crippen molar-refractivity contribution in [2.24, 2.45) is 5.73 Å². The van der Waals surface area contributed by atoms with E-state index in [4.69, 9.17) is 15.2 Å². The third kappa shape index (κ3) is 4.07. The maximum absolute atomic E-state index is 11.9. The van der Waals surface area contributed by atoms with Crippen LogP contribution in [-0.4, -0.2) is 24.2 Å². The zero-order chi connectivity index (χ0) is 15.9. The van der Waals surface area contributed by atoms with E-state index in [1.165, 1.54) is 0 Å². The molecule has 22 heavy (non-hydrogen) atoms. The smallest absolute Gasteiger partial charge is 0.326 e. The summed E-state index contributed by atoms with van der Waals surface area (Å²) in [5.74, 6) is 0.0170. The molecule has 0 bridgehead atoms. The van der Waals surface area contributed by atoms with Crippen LogP contribution >= 0.6 is 0 Å². The molecule has 0 aromatic heterocycles. The number of hydrogen-bond acceptors (Lipinski definition) is 5. The standard InChI is InChI=1S/C17H19NO4/c1-21-14-9-7-13(8-10-14)16(19)15(18)17(20)22-11-12-5-3-2-4-6-12/h2-10,15-16,19H,11,18H2,1H3. The van der Waals surface area contributed by atoms with Crippen molar-refractivity contribution in [2.45, 2.75) is 18.8 Å². The van der Waals surface area contributed by atoms with Crippen molar-refractivity contribution < 1.29 is 19.4 Å². The minimum atomic E-state index is -1.14. The highest BCUT2D eigenvalue weighted by Gasteiger charge is 2.25. The molecule has 0 radical (unpaired) electrons. The summed E-state index contributed by atoms with van der Waals surface area (Å²) in [6, 6.07) is 14.9. The minimum absolute atomic E-state index is 0.128. The van der Waals surface area contributed by atoms with Crippen molar-refractivity contribution in [3.05, 3.63) is 65.7 Å². The fraction of sp³-hybridized carbons (Fsp3) is 0.235. The van der Waals surface area contributed by atoms with E-state index >= 15 is 0 Å². The lowest BCUT2D eigenvalue weighted by atomic mass is 10.0. The van der Waals surface area contributed by atoms with E-state index in [1.54, 1.807) is 31.4 Å². The van der Waals surface area contributed by atoms with Gasteiger partial charge in [0, 0.05) is 0 Å². The number of hydrogen-bond donors (Lipinski definition) is 2. The van der Waals surface area contributed by atoms with Crippen molar-refractivity contribution in [3.63, 3.8) is 0 Å². The molecule has 2 unspecified atom stereocenters. The number of rotatable bonds is 6. The number of aliphatic hydroxyl groups is 1. The molecule has 3 N–H and O–H groups in total. The van der Waals surface area contributed by atoms with Gasteiger partial charge in [-0.15, -0.1) is 0 Å². The lowest BCUT2D eigenvalue weighted by Gasteiger charge is -2.18. The fourth-order valence-corrected chi connectivity index (χ4v) is 1.96. The van der Waals surface area contributed by atoms with Gasteiger partial charge in [-0.05, 0) is 23.3 Å². The van der Waals surface area contributed by atoms with Crippen LogP contribution in [0.25, 0.3) is 0 Å². The normalized spacial score (nSPS) is 13.2. The molecule has 0 spiro atoms. The van der Waals surface area contributed by atoms with Gasteiger partial charge in [0.15, 0.2) is 0 Å². The first-order valence-corrected chi connectivity index (χ1v) is 6.90. The molecular weight excluding hydrogens is 282 g/mol. The Bertz CT molecular complexity index is 598. The minimum Gasteiger partial charge on any atom is -0.497 e. The van der Waals surface area contributed by atoms with Crippen molar-refractivity contribution >= 4 is 5.97 Å². The second-order valence-corrected chi connectivity index (χ2v) is 4.84. The third-order valence-corrected chi connectivity index (χ3v) is 3.29. The molecule has 2 rings (SSSR count). The average molecular weight is 301 g/mol. The van der Waals surface area contributed by atoms with Crippen molar-refractivity contribution in [3.8, 4) is 5.75 Å². The monoisotopic (exact) mass is 301 g/mol. The molecule has 2 aromatic rings. The lowest BCUT2D eigenvalue weighted by molar-refractivity contribution is -0.149. The first-order valence-electron chi connectivity index (χ1n) is 6.90. The summed E-state index contributed by atoms with van der Waals surface area (Å²) < 4.78 is 10.2. The molecule has 0 heterocycles. The molecule has 5 heteroatoms. The Morgan fingerprint density at radius 3 is 2.36 bits per heavy atom. The molecule has 0 amide bonds. The van der Waals surface area contributed by atoms with Gasteiger partial charge in [0.2, 0.25) is 0 Å². The van der Waals surface area contributed by atoms with Gasteiger partial charge >= 0.3 is 5.97 Å². The number of carbonyl (C=O) groups is 1. The molecular formula is C17H19NO4. The quantitative estimate of drug-likeness (QED) is 0.795. The number of ether oxygens (including phenoxy) is 2. The lowest BCUT2D eigenvalue weighted by Crippen LogP contribution is -2.38. The first kappa shape index (κ1) is 16.0. The Morgan fingerprint density at radius 2 is 1.77 bits per heavy atom. The van der Waals surface area contributed by atoms with Gasteiger partial charge in [-0.2, -0.15) is 0 Å². The van der Waals surface area contributed by atoms with Crippen LogP contribution in [0.2, 0.25) is 0 Å². The second-order valence-electron chi connectivity index (χ2n) is 4.84. The van der Waals surface area contributed by atoms with E-state index in [-0.39, 0.29) is 6.61 Å². The second kappa shape index (κ2) is 7.59. The van der Waals surface area contributed by atoms with Gasteiger partial charge in [-0.1, -0.05) is 42.5 Å². The first-order chi connectivity index (χ1) is 10.6. The van der Waals surface area contributed by atoms with Gasteiger partial charge < -0.3 is 20.3 Å². The van der Waals surface area contributed by atoms with Gasteiger partial charge in [0.1, 0.15) is 24.5 Å². The highest BCUT2D eigenvalue weighted by molar-refractivity contribution is 5.76. The van der Waals surface area contributed by atoms with Crippen LogP contribution in [0.1, 0.15) is 17.2 Å². The molecule has 0 saturated carbocycles. The van der Waals surface area contributed by atoms with E-state index in [9.17, 15) is 9.90 Å². The average Bonchev–Trinajstić information content (AvgIpc) is 2.59. The van der Waals surface area contributed by atoms with E-state index in [1.807, 2.05) is 30.3 Å². The Balaban J connectivity index is 1.93. The molecule has 0 fully saturated rings. The number of esters is 1. The molecule has 0 aliphatic carbocycles. The van der Waals surface area contributed by atoms with E-state index in [2.05, 4.69) is 0 Å². The van der Waals surface area contributed by atoms with Gasteiger partial charge in [-0.3, -0.25) is 4.79 Å². The highest BCUT2D eigenvalue weighted by atomic mass is 16.5. The Labute approximate surface area is 129 Å². The maximum atomic E-state index is 11.9. The SMILES string of the molecule is COc1ccc(C(O)C(N)C(=O)OCc2ccccc2)cc1. The fourth-order valence-electron chi connectivity index (χ4n) is 1.96. The maximum Gasteiger partial charge on any atom is 0.326 e. The van der Waals surface area contributed by atoms with E-state index in [0.29, 0.717) is 11.3 Å². The zero-order valence-corrected chi connectivity index (χ0v) is 12.3. The van der Waals surface area contributed by atoms with Crippen molar-refractivity contribution in [1.29, 1.82) is 0 Å². The van der Waals surface area contributed by atoms with Crippen LogP contribution in [0.15, 0.2) is 54.6 Å². The summed E-state index contributed by atoms with van der Waals surface area (Å²) in [5, 5.41) is 10.2. The number of methoxy groups -OCH3 is 1. The Kier molecular flexibility index (Phi) is 5.52. The van der Waals surface area contributed by atoms with Crippen LogP contribution in [0, 0.1) is 0 Å². The number of carbonyl (C=O) groups excluding carboxylic acids is 1. The Hall–Kier alpha value is -2.37. The molecule has 0 saturated heterocycles. The summed E-state index contributed by atoms with van der Waals surface area (Å²) in [7, 11) is 1.55. The summed E-state index contributed by atoms with van der Waals surface area (Å²) >= 11 is 0. The van der Waals surface area contributed by atoms with Gasteiger partial charge in [0.25, 0.3) is 0 Å². The number of benzene rings is 2. The molecule has 0 aliphatic heterocycles. The zero-order valence-electron chi connectivity index (χ0n) is 12.3. The van der Waals surface area contributed by atoms with E-state index < -0.39 is 18.1 Å². The van der Waals surface area contributed by atoms with Crippen LogP contribution in [0.4, 0.5) is 0 Å². The summed E-state index contributed by atoms with van der Waals surface area (Å²) in [5.41, 5.74) is 7.17. The van der Waals surface area contributed by atoms with Crippen LogP contribution in [-0.2, 0) is 16.1 Å². The highest BCUT2D eigenvalue weighted by Crippen LogP contribution is 2.20. The third-order valence-electron chi connectivity index (χ3n) is 3.29. The van der Waals surface area contributed by atoms with Crippen molar-refractivity contribution in [1.82, 2.24) is 0 Å². The molecule has 5 nitrogen and oxygen atoms in total. The predicted molar refractivity (Wildman–Crippen MR) is 82.2 cm³/mol. The van der Waals surface area contributed by atoms with Gasteiger partial charge in [0.05, 0.1) is 7.11 Å².